The van der Waals surface area contributed by atoms with Crippen molar-refractivity contribution in [3.63, 3.8) is 0 Å². The molecule has 4 N–H and O–H groups in total. The van der Waals surface area contributed by atoms with E-state index in [1.807, 2.05) is 0 Å². The van der Waals surface area contributed by atoms with Crippen molar-refractivity contribution in [2.45, 2.75) is 6.92 Å². The molecule has 1 rings (SSSR count). The van der Waals surface area contributed by atoms with Gasteiger partial charge in [-0.15, -0.1) is 0 Å². The van der Waals surface area contributed by atoms with Gasteiger partial charge in [-0.05, 0) is 18.2 Å². The van der Waals surface area contributed by atoms with Gasteiger partial charge in [-0.2, -0.15) is 0 Å². The van der Waals surface area contributed by atoms with Crippen LogP contribution in [0.3, 0.4) is 0 Å². The number of carboxylic acids is 4. The quantitative estimate of drug-likeness (QED) is 0.578. The molecule has 0 amide bonds. The normalized spacial score (nSPS) is 8.45. The van der Waals surface area contributed by atoms with Crippen molar-refractivity contribution >= 4 is 53.4 Å². The summed E-state index contributed by atoms with van der Waals surface area (Å²) in [6, 6.07) is 2.81. The van der Waals surface area contributed by atoms with E-state index < -0.39 is 35.0 Å². The van der Waals surface area contributed by atoms with Crippen LogP contribution in [-0.2, 0) is 4.79 Å². The second-order valence-corrected chi connectivity index (χ2v) is 3.19. The van der Waals surface area contributed by atoms with Gasteiger partial charge in [0.1, 0.15) is 0 Å². The maximum absolute atomic E-state index is 10.6. The Morgan fingerprint density at radius 1 is 0.800 bits per heavy atom. The van der Waals surface area contributed by atoms with E-state index in [2.05, 4.69) is 0 Å². The monoisotopic (exact) mass is 294 g/mol. The average molecular weight is 294 g/mol. The predicted octanol–water partition coefficient (Wildman–Crippen LogP) is 0.224. The molecule has 0 unspecified atom stereocenters. The zero-order valence-electron chi connectivity index (χ0n) is 9.65. The molecule has 0 aromatic heterocycles. The van der Waals surface area contributed by atoms with Gasteiger partial charge < -0.3 is 20.4 Å². The maximum atomic E-state index is 10.6. The van der Waals surface area contributed by atoms with Crippen molar-refractivity contribution in [2.75, 3.05) is 0 Å². The molecule has 0 aliphatic heterocycles. The molecule has 0 spiro atoms. The van der Waals surface area contributed by atoms with E-state index >= 15 is 0 Å². The molecule has 0 atom stereocenters. The molecule has 0 aliphatic carbocycles. The van der Waals surface area contributed by atoms with E-state index in [1.165, 1.54) is 0 Å². The zero-order chi connectivity index (χ0) is 15.2. The molecule has 0 heterocycles. The van der Waals surface area contributed by atoms with Crippen molar-refractivity contribution in [3.05, 3.63) is 34.9 Å². The third-order valence-electron chi connectivity index (χ3n) is 1.73. The van der Waals surface area contributed by atoms with E-state index in [-0.39, 0.29) is 35.1 Å². The van der Waals surface area contributed by atoms with Crippen LogP contribution in [-0.4, -0.2) is 73.9 Å². The molecule has 0 radical (unpaired) electrons. The molecule has 104 valence electrons. The summed E-state index contributed by atoms with van der Waals surface area (Å²) < 4.78 is 0. The topological polar surface area (TPSA) is 149 Å². The number of carbonyl (C=O) groups is 4. The van der Waals surface area contributed by atoms with Crippen molar-refractivity contribution in [1.29, 1.82) is 0 Å². The number of aromatic carboxylic acids is 3. The van der Waals surface area contributed by atoms with Crippen LogP contribution in [0, 0.1) is 0 Å². The van der Waals surface area contributed by atoms with Gasteiger partial charge in [-0.3, -0.25) is 4.79 Å². The summed E-state index contributed by atoms with van der Waals surface area (Å²) in [5.41, 5.74) is -1.24. The minimum absolute atomic E-state index is 0. The SMILES string of the molecule is CC(=O)O.O=C(O)c1ccc(C(=O)O)c(C(=O)O)c1.[NaH]. The van der Waals surface area contributed by atoms with Crippen LogP contribution in [0.4, 0.5) is 0 Å². The summed E-state index contributed by atoms with van der Waals surface area (Å²) in [6.45, 7) is 1.08. The summed E-state index contributed by atoms with van der Waals surface area (Å²) >= 11 is 0. The van der Waals surface area contributed by atoms with Gasteiger partial charge >= 0.3 is 47.5 Å². The summed E-state index contributed by atoms with van der Waals surface area (Å²) in [6.07, 6.45) is 0. The van der Waals surface area contributed by atoms with Crippen LogP contribution >= 0.6 is 0 Å². The molecule has 0 aliphatic rings. The van der Waals surface area contributed by atoms with Crippen LogP contribution in [0.25, 0.3) is 0 Å². The van der Waals surface area contributed by atoms with Crippen molar-refractivity contribution < 1.29 is 39.6 Å². The van der Waals surface area contributed by atoms with Crippen LogP contribution in [0.2, 0.25) is 0 Å². The standard InChI is InChI=1S/C9H6O6.C2H4O2.Na.H/c10-7(11)4-1-2-5(8(12)13)6(3-4)9(14)15;1-2(3)4;;/h1-3H,(H,10,11)(H,12,13)(H,14,15);1H3,(H,3,4);;. The first kappa shape index (κ1) is 20.4. The average Bonchev–Trinajstić information content (AvgIpc) is 2.27. The number of hydrogen-bond acceptors (Lipinski definition) is 4. The van der Waals surface area contributed by atoms with Crippen molar-refractivity contribution in [3.8, 4) is 0 Å². The van der Waals surface area contributed by atoms with E-state index in [0.29, 0.717) is 0 Å². The summed E-state index contributed by atoms with van der Waals surface area (Å²) in [4.78, 5) is 40.8. The molecule has 0 bridgehead atoms. The number of benzene rings is 1. The van der Waals surface area contributed by atoms with Gasteiger partial charge in [-0.25, -0.2) is 14.4 Å². The molecule has 1 aromatic rings. The minimum atomic E-state index is -1.48. The summed E-state index contributed by atoms with van der Waals surface area (Å²) in [5.74, 6) is -5.03. The number of aliphatic carboxylic acids is 1. The van der Waals surface area contributed by atoms with Gasteiger partial charge in [0.05, 0.1) is 16.7 Å². The first-order chi connectivity index (χ1) is 8.66. The Morgan fingerprint density at radius 3 is 1.50 bits per heavy atom. The zero-order valence-corrected chi connectivity index (χ0v) is 9.65. The summed E-state index contributed by atoms with van der Waals surface area (Å²) in [7, 11) is 0. The molecule has 0 fully saturated rings. The molecule has 9 heteroatoms. The number of rotatable bonds is 3. The van der Waals surface area contributed by atoms with Crippen LogP contribution in [0.1, 0.15) is 38.0 Å². The van der Waals surface area contributed by atoms with Crippen molar-refractivity contribution in [2.24, 2.45) is 0 Å². The molecule has 0 saturated heterocycles. The van der Waals surface area contributed by atoms with Gasteiger partial charge in [-0.1, -0.05) is 0 Å². The summed E-state index contributed by atoms with van der Waals surface area (Å²) in [5, 5.41) is 33.3. The molecular weight excluding hydrogens is 283 g/mol. The number of carboxylic acid groups (broad SMARTS) is 4. The fourth-order valence-corrected chi connectivity index (χ4v) is 1.04. The van der Waals surface area contributed by atoms with E-state index in [4.69, 9.17) is 25.2 Å². The fourth-order valence-electron chi connectivity index (χ4n) is 1.04. The second-order valence-electron chi connectivity index (χ2n) is 3.19. The first-order valence-electron chi connectivity index (χ1n) is 4.70. The molecule has 8 nitrogen and oxygen atoms in total. The van der Waals surface area contributed by atoms with Crippen LogP contribution in [0.15, 0.2) is 18.2 Å². The van der Waals surface area contributed by atoms with Crippen LogP contribution in [0.5, 0.6) is 0 Å². The van der Waals surface area contributed by atoms with Crippen molar-refractivity contribution in [1.82, 2.24) is 0 Å². The second kappa shape index (κ2) is 9.08. The third-order valence-corrected chi connectivity index (χ3v) is 1.73. The van der Waals surface area contributed by atoms with Crippen LogP contribution < -0.4 is 0 Å². The van der Waals surface area contributed by atoms with Gasteiger partial charge in [0, 0.05) is 6.92 Å². The number of hydrogen-bond donors (Lipinski definition) is 4. The fraction of sp³-hybridized carbons (Fsp3) is 0.0909. The Balaban J connectivity index is 0. The predicted molar refractivity (Wildman–Crippen MR) is 67.8 cm³/mol. The van der Waals surface area contributed by atoms with E-state index in [0.717, 1.165) is 25.1 Å². The van der Waals surface area contributed by atoms with E-state index in [1.54, 1.807) is 0 Å². The molecule has 1 aromatic carbocycles. The van der Waals surface area contributed by atoms with Gasteiger partial charge in [0.15, 0.2) is 0 Å². The molecule has 0 saturated carbocycles. The Morgan fingerprint density at radius 2 is 1.20 bits per heavy atom. The first-order valence-corrected chi connectivity index (χ1v) is 4.70. The molecular formula is C11H11NaO8. The molecule has 20 heavy (non-hydrogen) atoms. The Labute approximate surface area is 134 Å². The van der Waals surface area contributed by atoms with Gasteiger partial charge in [0.25, 0.3) is 5.97 Å². The van der Waals surface area contributed by atoms with E-state index in [9.17, 15) is 14.4 Å². The third kappa shape index (κ3) is 6.88. The Kier molecular flexibility index (Phi) is 9.27. The Hall–Kier alpha value is -1.90. The Bertz CT molecular complexity index is 533. The van der Waals surface area contributed by atoms with Gasteiger partial charge in [0.2, 0.25) is 0 Å².